The van der Waals surface area contributed by atoms with Crippen LogP contribution in [-0.4, -0.2) is 40.8 Å². The molecule has 2 aromatic rings. The highest BCUT2D eigenvalue weighted by Gasteiger charge is 2.19. The maximum atomic E-state index is 12.4. The fraction of sp³-hybridized carbons (Fsp3) is 0.474. The van der Waals surface area contributed by atoms with Gasteiger partial charge in [0.25, 0.3) is 5.91 Å². The highest BCUT2D eigenvalue weighted by Crippen LogP contribution is 2.20. The SMILES string of the molecule is COc1c(CNCc2ccc(C(=O)N3CCCC3)cc2)c(C)nn1C.Cl. The highest BCUT2D eigenvalue weighted by molar-refractivity contribution is 5.94. The first-order valence-corrected chi connectivity index (χ1v) is 8.75. The molecule has 0 atom stereocenters. The largest absolute Gasteiger partial charge is 0.481 e. The molecule has 0 radical (unpaired) electrons. The average Bonchev–Trinajstić information content (AvgIpc) is 3.23. The number of likely N-dealkylation sites (tertiary alicyclic amines) is 1. The van der Waals surface area contributed by atoms with E-state index in [0.717, 1.165) is 60.7 Å². The van der Waals surface area contributed by atoms with Crippen molar-refractivity contribution in [3.8, 4) is 5.88 Å². The number of hydrogen-bond acceptors (Lipinski definition) is 4. The van der Waals surface area contributed by atoms with Crippen LogP contribution in [0.2, 0.25) is 0 Å². The van der Waals surface area contributed by atoms with E-state index in [4.69, 9.17) is 4.74 Å². The number of carbonyl (C=O) groups excluding carboxylic acids is 1. The van der Waals surface area contributed by atoms with Gasteiger partial charge in [0.15, 0.2) is 0 Å². The topological polar surface area (TPSA) is 59.4 Å². The summed E-state index contributed by atoms with van der Waals surface area (Å²) in [5.41, 5.74) is 3.97. The second-order valence-electron chi connectivity index (χ2n) is 6.50. The molecule has 1 aromatic carbocycles. The second-order valence-corrected chi connectivity index (χ2v) is 6.50. The molecule has 1 fully saturated rings. The van der Waals surface area contributed by atoms with Gasteiger partial charge in [-0.05, 0) is 37.5 Å². The summed E-state index contributed by atoms with van der Waals surface area (Å²) in [7, 11) is 3.54. The Balaban J connectivity index is 0.00000243. The number of aryl methyl sites for hydroxylation is 2. The molecule has 1 amide bonds. The monoisotopic (exact) mass is 378 g/mol. The Labute approximate surface area is 160 Å². The molecule has 2 heterocycles. The lowest BCUT2D eigenvalue weighted by Gasteiger charge is -2.15. The smallest absolute Gasteiger partial charge is 0.253 e. The maximum absolute atomic E-state index is 12.4. The minimum atomic E-state index is 0. The summed E-state index contributed by atoms with van der Waals surface area (Å²) in [5.74, 6) is 0.935. The van der Waals surface area contributed by atoms with Crippen molar-refractivity contribution in [1.29, 1.82) is 0 Å². The first-order chi connectivity index (χ1) is 12.1. The van der Waals surface area contributed by atoms with E-state index in [0.29, 0.717) is 6.54 Å². The molecule has 1 aliphatic rings. The molecule has 0 spiro atoms. The van der Waals surface area contributed by atoms with Gasteiger partial charge in [-0.2, -0.15) is 5.10 Å². The molecule has 1 saturated heterocycles. The molecule has 26 heavy (non-hydrogen) atoms. The predicted octanol–water partition coefficient (Wildman–Crippen LogP) is 2.68. The molecule has 1 aromatic heterocycles. The van der Waals surface area contributed by atoms with Crippen molar-refractivity contribution >= 4 is 18.3 Å². The van der Waals surface area contributed by atoms with Gasteiger partial charge in [-0.25, -0.2) is 4.68 Å². The number of aromatic nitrogens is 2. The van der Waals surface area contributed by atoms with Crippen LogP contribution in [0.25, 0.3) is 0 Å². The number of ether oxygens (including phenoxy) is 1. The van der Waals surface area contributed by atoms with Crippen molar-refractivity contribution in [1.82, 2.24) is 20.0 Å². The zero-order valence-corrected chi connectivity index (χ0v) is 16.4. The van der Waals surface area contributed by atoms with Crippen molar-refractivity contribution in [2.75, 3.05) is 20.2 Å². The maximum Gasteiger partial charge on any atom is 0.253 e. The standard InChI is InChI=1S/C19H26N4O2.ClH/c1-14-17(19(25-3)22(2)21-14)13-20-12-15-6-8-16(9-7-15)18(24)23-10-4-5-11-23;/h6-9,20H,4-5,10-13H2,1-3H3;1H. The minimum absolute atomic E-state index is 0. The third-order valence-corrected chi connectivity index (χ3v) is 4.71. The molecular formula is C19H27ClN4O2. The van der Waals surface area contributed by atoms with Crippen molar-refractivity contribution in [2.24, 2.45) is 7.05 Å². The Morgan fingerprint density at radius 2 is 1.85 bits per heavy atom. The summed E-state index contributed by atoms with van der Waals surface area (Å²) in [4.78, 5) is 14.3. The Bertz CT molecular complexity index is 737. The summed E-state index contributed by atoms with van der Waals surface area (Å²) in [5, 5.41) is 7.81. The van der Waals surface area contributed by atoms with Crippen LogP contribution >= 0.6 is 12.4 Å². The molecular weight excluding hydrogens is 352 g/mol. The van der Waals surface area contributed by atoms with Crippen molar-refractivity contribution in [2.45, 2.75) is 32.9 Å². The highest BCUT2D eigenvalue weighted by atomic mass is 35.5. The lowest BCUT2D eigenvalue weighted by molar-refractivity contribution is 0.0793. The van der Waals surface area contributed by atoms with Gasteiger partial charge in [0, 0.05) is 38.8 Å². The quantitative estimate of drug-likeness (QED) is 0.839. The van der Waals surface area contributed by atoms with E-state index >= 15 is 0 Å². The van der Waals surface area contributed by atoms with Crippen LogP contribution in [0.5, 0.6) is 5.88 Å². The van der Waals surface area contributed by atoms with E-state index in [-0.39, 0.29) is 18.3 Å². The molecule has 142 valence electrons. The van der Waals surface area contributed by atoms with Gasteiger partial charge in [0.2, 0.25) is 5.88 Å². The molecule has 0 bridgehead atoms. The fourth-order valence-corrected chi connectivity index (χ4v) is 3.34. The summed E-state index contributed by atoms with van der Waals surface area (Å²) in [6.45, 7) is 5.17. The third kappa shape index (κ3) is 4.37. The van der Waals surface area contributed by atoms with E-state index in [1.165, 1.54) is 0 Å². The number of carbonyl (C=O) groups is 1. The van der Waals surface area contributed by atoms with Crippen LogP contribution in [0.3, 0.4) is 0 Å². The number of halogens is 1. The predicted molar refractivity (Wildman–Crippen MR) is 104 cm³/mol. The van der Waals surface area contributed by atoms with Crippen LogP contribution < -0.4 is 10.1 Å². The molecule has 1 aliphatic heterocycles. The molecule has 0 unspecified atom stereocenters. The molecule has 7 heteroatoms. The van der Waals surface area contributed by atoms with Crippen LogP contribution in [0.15, 0.2) is 24.3 Å². The number of amides is 1. The van der Waals surface area contributed by atoms with E-state index < -0.39 is 0 Å². The molecule has 6 nitrogen and oxygen atoms in total. The van der Waals surface area contributed by atoms with Gasteiger partial charge in [0.05, 0.1) is 18.4 Å². The Morgan fingerprint density at radius 3 is 2.46 bits per heavy atom. The fourth-order valence-electron chi connectivity index (χ4n) is 3.34. The van der Waals surface area contributed by atoms with Crippen LogP contribution in [0, 0.1) is 6.92 Å². The van der Waals surface area contributed by atoms with Crippen molar-refractivity contribution in [3.05, 3.63) is 46.6 Å². The summed E-state index contributed by atoms with van der Waals surface area (Å²) < 4.78 is 7.16. The number of rotatable bonds is 6. The zero-order chi connectivity index (χ0) is 17.8. The number of benzene rings is 1. The van der Waals surface area contributed by atoms with E-state index in [2.05, 4.69) is 10.4 Å². The van der Waals surface area contributed by atoms with Gasteiger partial charge in [0.1, 0.15) is 0 Å². The Kier molecular flexibility index (Phi) is 7.06. The number of hydrogen-bond donors (Lipinski definition) is 1. The van der Waals surface area contributed by atoms with Gasteiger partial charge in [-0.15, -0.1) is 12.4 Å². The first-order valence-electron chi connectivity index (χ1n) is 8.75. The van der Waals surface area contributed by atoms with Crippen molar-refractivity contribution in [3.63, 3.8) is 0 Å². The first kappa shape index (κ1) is 20.3. The number of methoxy groups -OCH3 is 1. The second kappa shape index (κ2) is 9.05. The van der Waals surface area contributed by atoms with Gasteiger partial charge in [-0.3, -0.25) is 4.79 Å². The average molecular weight is 379 g/mol. The lowest BCUT2D eigenvalue weighted by Crippen LogP contribution is -2.27. The summed E-state index contributed by atoms with van der Waals surface area (Å²) >= 11 is 0. The molecule has 0 saturated carbocycles. The van der Waals surface area contributed by atoms with Gasteiger partial charge < -0.3 is 15.0 Å². The molecule has 0 aliphatic carbocycles. The lowest BCUT2D eigenvalue weighted by atomic mass is 10.1. The van der Waals surface area contributed by atoms with Crippen LogP contribution in [0.4, 0.5) is 0 Å². The number of nitrogens with zero attached hydrogens (tertiary/aromatic N) is 3. The normalized spacial score (nSPS) is 13.6. The van der Waals surface area contributed by atoms with Gasteiger partial charge in [-0.1, -0.05) is 12.1 Å². The van der Waals surface area contributed by atoms with E-state index in [9.17, 15) is 4.79 Å². The summed E-state index contributed by atoms with van der Waals surface area (Å²) in [6, 6.07) is 7.88. The Hall–Kier alpha value is -2.05. The van der Waals surface area contributed by atoms with Gasteiger partial charge >= 0.3 is 0 Å². The minimum Gasteiger partial charge on any atom is -0.481 e. The summed E-state index contributed by atoms with van der Waals surface area (Å²) in [6.07, 6.45) is 2.23. The third-order valence-electron chi connectivity index (χ3n) is 4.71. The molecule has 3 rings (SSSR count). The van der Waals surface area contributed by atoms with E-state index in [1.54, 1.807) is 11.8 Å². The zero-order valence-electron chi connectivity index (χ0n) is 15.6. The Morgan fingerprint density at radius 1 is 1.19 bits per heavy atom. The van der Waals surface area contributed by atoms with Crippen LogP contribution in [-0.2, 0) is 20.1 Å². The molecule has 1 N–H and O–H groups in total. The number of nitrogens with one attached hydrogen (secondary N) is 1. The van der Waals surface area contributed by atoms with Crippen molar-refractivity contribution < 1.29 is 9.53 Å². The van der Waals surface area contributed by atoms with E-state index in [1.807, 2.05) is 43.1 Å². The van der Waals surface area contributed by atoms with Crippen LogP contribution in [0.1, 0.15) is 40.0 Å².